The van der Waals surface area contributed by atoms with Crippen LogP contribution in [0, 0.1) is 40.7 Å². The van der Waals surface area contributed by atoms with E-state index in [0.29, 0.717) is 23.3 Å². The van der Waals surface area contributed by atoms with Crippen molar-refractivity contribution < 1.29 is 70.9 Å². The highest BCUT2D eigenvalue weighted by Gasteiger charge is 2.50. The summed E-state index contributed by atoms with van der Waals surface area (Å²) in [5.74, 6) is -15.1. The molecular weight excluding hydrogens is 754 g/mol. The maximum atomic E-state index is 15.3. The number of hydrogen-bond acceptors (Lipinski definition) is 2. The van der Waals surface area contributed by atoms with Gasteiger partial charge in [-0.2, -0.15) is 17.6 Å². The fraction of sp³-hybridized carbons (Fsp3) is 0.211. The van der Waals surface area contributed by atoms with Gasteiger partial charge in [-0.15, -0.1) is 13.2 Å². The van der Waals surface area contributed by atoms with E-state index in [2.05, 4.69) is 16.4 Å². The smallest absolute Gasteiger partial charge is 0.429 e. The molecule has 54 heavy (non-hydrogen) atoms. The summed E-state index contributed by atoms with van der Waals surface area (Å²) in [6.07, 6.45) is -12.9. The molecule has 286 valence electrons. The van der Waals surface area contributed by atoms with Gasteiger partial charge in [0.05, 0.1) is 5.56 Å². The average molecular weight is 779 g/mol. The van der Waals surface area contributed by atoms with Crippen LogP contribution in [0.15, 0.2) is 78.9 Å². The van der Waals surface area contributed by atoms with Crippen LogP contribution in [0.2, 0.25) is 0 Å². The Bertz CT molecular complexity index is 2090. The predicted octanol–water partition coefficient (Wildman–Crippen LogP) is 13.1. The van der Waals surface area contributed by atoms with E-state index in [1.807, 2.05) is 12.1 Å². The molecule has 0 fully saturated rings. The van der Waals surface area contributed by atoms with Crippen LogP contribution in [0.25, 0.3) is 33.4 Å². The lowest BCUT2D eigenvalue weighted by Gasteiger charge is -2.22. The first-order valence-corrected chi connectivity index (χ1v) is 15.8. The van der Waals surface area contributed by atoms with Crippen LogP contribution in [0.4, 0.5) is 61.5 Å². The number of ether oxygens (including phenoxy) is 2. The van der Waals surface area contributed by atoms with E-state index >= 15 is 13.2 Å². The van der Waals surface area contributed by atoms with Gasteiger partial charge in [0, 0.05) is 17.7 Å². The monoisotopic (exact) mass is 778 g/mol. The molecule has 5 aromatic rings. The van der Waals surface area contributed by atoms with Crippen molar-refractivity contribution in [1.82, 2.24) is 0 Å². The molecule has 5 aromatic carbocycles. The number of rotatable bonds is 12. The third kappa shape index (κ3) is 8.80. The van der Waals surface area contributed by atoms with Crippen molar-refractivity contribution in [2.75, 3.05) is 0 Å². The number of unbranched alkanes of at least 4 members (excludes halogenated alkanes) is 2. The Kier molecular flexibility index (Phi) is 11.4. The van der Waals surface area contributed by atoms with Crippen molar-refractivity contribution in [2.24, 2.45) is 0 Å². The topological polar surface area (TPSA) is 18.5 Å². The van der Waals surface area contributed by atoms with Crippen LogP contribution in [0.3, 0.4) is 0 Å². The average Bonchev–Trinajstić information content (AvgIpc) is 3.02. The summed E-state index contributed by atoms with van der Waals surface area (Å²) >= 11 is 0. The third-order valence-electron chi connectivity index (χ3n) is 8.10. The molecular formula is C38H24F14O2. The fourth-order valence-corrected chi connectivity index (χ4v) is 5.65. The highest BCUT2D eigenvalue weighted by atomic mass is 19.4. The molecule has 5 rings (SSSR count). The third-order valence-corrected chi connectivity index (χ3v) is 8.10. The molecule has 0 saturated carbocycles. The van der Waals surface area contributed by atoms with Crippen LogP contribution in [0.1, 0.15) is 42.9 Å². The lowest BCUT2D eigenvalue weighted by atomic mass is 9.95. The Morgan fingerprint density at radius 3 is 1.48 bits per heavy atom. The molecule has 0 radical (unpaired) electrons. The Balaban J connectivity index is 1.39. The summed E-state index contributed by atoms with van der Waals surface area (Å²) in [6, 6.07) is 11.9. The molecule has 0 aliphatic rings. The highest BCUT2D eigenvalue weighted by Crippen LogP contribution is 2.43. The number of hydrogen-bond donors (Lipinski definition) is 0. The SMILES string of the molecule is CCCCCc1ccc(-c2ccc(-c3cc(F)c(-c4cc(F)c(C(F)(F)Oc5cc(F)c(C(F)(F)OC(F)(F)F)c(F)c5)c(F)c4)c(F)c3)c(F)c2)cc1. The summed E-state index contributed by atoms with van der Waals surface area (Å²) in [6.45, 7) is 2.09. The minimum Gasteiger partial charge on any atom is -0.429 e. The molecule has 0 amide bonds. The first-order valence-electron chi connectivity index (χ1n) is 15.8. The maximum absolute atomic E-state index is 15.3. The summed E-state index contributed by atoms with van der Waals surface area (Å²) in [5.41, 5.74) is -5.34. The van der Waals surface area contributed by atoms with E-state index in [0.717, 1.165) is 37.3 Å². The van der Waals surface area contributed by atoms with Crippen LogP contribution in [-0.4, -0.2) is 6.36 Å². The van der Waals surface area contributed by atoms with Gasteiger partial charge in [-0.25, -0.2) is 35.5 Å². The molecule has 0 spiro atoms. The van der Waals surface area contributed by atoms with Crippen LogP contribution < -0.4 is 4.74 Å². The van der Waals surface area contributed by atoms with Crippen molar-refractivity contribution in [2.45, 2.75) is 51.2 Å². The molecule has 0 aromatic heterocycles. The van der Waals surface area contributed by atoms with E-state index < -0.39 is 99.4 Å². The normalized spacial score (nSPS) is 12.4. The number of alkyl halides is 7. The zero-order valence-corrected chi connectivity index (χ0v) is 27.4. The van der Waals surface area contributed by atoms with E-state index in [1.165, 1.54) is 12.1 Å². The van der Waals surface area contributed by atoms with Crippen molar-refractivity contribution >= 4 is 0 Å². The lowest BCUT2D eigenvalue weighted by Crippen LogP contribution is -2.30. The van der Waals surface area contributed by atoms with Crippen molar-refractivity contribution in [3.05, 3.63) is 136 Å². The van der Waals surface area contributed by atoms with Gasteiger partial charge in [-0.3, -0.25) is 0 Å². The first-order chi connectivity index (χ1) is 25.2. The van der Waals surface area contributed by atoms with E-state index in [4.69, 9.17) is 0 Å². The lowest BCUT2D eigenvalue weighted by molar-refractivity contribution is -0.432. The van der Waals surface area contributed by atoms with E-state index in [1.54, 1.807) is 12.1 Å². The molecule has 16 heteroatoms. The predicted molar refractivity (Wildman–Crippen MR) is 168 cm³/mol. The molecule has 0 N–H and O–H groups in total. The summed E-state index contributed by atoms with van der Waals surface area (Å²) in [4.78, 5) is 0. The van der Waals surface area contributed by atoms with Gasteiger partial charge >= 0.3 is 18.6 Å². The van der Waals surface area contributed by atoms with Crippen molar-refractivity contribution in [3.8, 4) is 39.1 Å². The van der Waals surface area contributed by atoms with Crippen molar-refractivity contribution in [1.29, 1.82) is 0 Å². The molecule has 0 aliphatic heterocycles. The van der Waals surface area contributed by atoms with Gasteiger partial charge in [-0.05, 0) is 71.0 Å². The number of aryl methyl sites for hydroxylation is 1. The first kappa shape index (κ1) is 40.1. The highest BCUT2D eigenvalue weighted by molar-refractivity contribution is 5.75. The summed E-state index contributed by atoms with van der Waals surface area (Å²) in [7, 11) is 0. The van der Waals surface area contributed by atoms with E-state index in [9.17, 15) is 48.3 Å². The van der Waals surface area contributed by atoms with Crippen LogP contribution >= 0.6 is 0 Å². The Labute approximate surface area is 297 Å². The number of halogens is 14. The van der Waals surface area contributed by atoms with Gasteiger partial charge in [-0.1, -0.05) is 56.2 Å². The van der Waals surface area contributed by atoms with E-state index in [-0.39, 0.29) is 23.3 Å². The van der Waals surface area contributed by atoms with Gasteiger partial charge in [0.2, 0.25) is 0 Å². The molecule has 2 nitrogen and oxygen atoms in total. The van der Waals surface area contributed by atoms with Gasteiger partial charge in [0.25, 0.3) is 0 Å². The molecule has 0 unspecified atom stereocenters. The Morgan fingerprint density at radius 1 is 0.481 bits per heavy atom. The zero-order valence-electron chi connectivity index (χ0n) is 27.4. The van der Waals surface area contributed by atoms with Gasteiger partial charge in [0.15, 0.2) is 0 Å². The maximum Gasteiger partial charge on any atom is 0.527 e. The largest absolute Gasteiger partial charge is 0.527 e. The number of benzene rings is 5. The second-order valence-corrected chi connectivity index (χ2v) is 11.9. The Morgan fingerprint density at radius 2 is 0.963 bits per heavy atom. The molecule has 0 saturated heterocycles. The standard InChI is InChI=1S/C38H24F14O2/c1-2-3-4-5-19-6-8-20(9-7-19)21-10-11-25(26(39)12-21)22-13-27(40)33(28(41)14-22)23-15-29(42)34(30(43)16-23)36(46,47)53-24-17-31(44)35(32(45)18-24)37(48,49)54-38(50,51)52/h6-18H,2-5H2,1H3. The summed E-state index contributed by atoms with van der Waals surface area (Å²) < 4.78 is 205. The van der Waals surface area contributed by atoms with Crippen LogP contribution in [-0.2, 0) is 23.4 Å². The molecule has 0 heterocycles. The minimum atomic E-state index is -6.09. The quantitative estimate of drug-likeness (QED) is 0.0928. The van der Waals surface area contributed by atoms with Gasteiger partial charge in [0.1, 0.15) is 57.6 Å². The van der Waals surface area contributed by atoms with Crippen LogP contribution in [0.5, 0.6) is 5.75 Å². The molecule has 0 aliphatic carbocycles. The van der Waals surface area contributed by atoms with Gasteiger partial charge < -0.3 is 4.74 Å². The zero-order chi connectivity index (χ0) is 39.7. The molecule has 0 bridgehead atoms. The minimum absolute atomic E-state index is 0.0562. The summed E-state index contributed by atoms with van der Waals surface area (Å²) in [5, 5.41) is 0. The van der Waals surface area contributed by atoms with Crippen molar-refractivity contribution in [3.63, 3.8) is 0 Å². The molecule has 0 atom stereocenters. The second kappa shape index (κ2) is 15.3. The fourth-order valence-electron chi connectivity index (χ4n) is 5.65. The Hall–Kier alpha value is -5.12. The second-order valence-electron chi connectivity index (χ2n) is 11.9.